The second kappa shape index (κ2) is 9.98. The number of methoxy groups -OCH3 is 2. The fraction of sp³-hybridized carbons (Fsp3) is 0.286. The molecule has 8 nitrogen and oxygen atoms in total. The summed E-state index contributed by atoms with van der Waals surface area (Å²) in [6.45, 7) is 0.935. The van der Waals surface area contributed by atoms with Crippen molar-refractivity contribution in [1.82, 2.24) is 20.4 Å². The zero-order valence-electron chi connectivity index (χ0n) is 17.3. The first-order valence-electron chi connectivity index (χ1n) is 9.25. The molecular formula is C21H24ClN5O3. The summed E-state index contributed by atoms with van der Waals surface area (Å²) in [6, 6.07) is 13.0. The lowest BCUT2D eigenvalue weighted by atomic mass is 10.2. The Morgan fingerprint density at radius 2 is 1.93 bits per heavy atom. The first-order chi connectivity index (χ1) is 14.5. The molecule has 1 heterocycles. The Morgan fingerprint density at radius 1 is 1.17 bits per heavy atom. The van der Waals surface area contributed by atoms with Crippen molar-refractivity contribution in [3.05, 3.63) is 58.9 Å². The van der Waals surface area contributed by atoms with Crippen LogP contribution in [0.15, 0.2) is 52.0 Å². The number of hydrogen-bond donors (Lipinski definition) is 1. The molecule has 0 bridgehead atoms. The SMILES string of the molecule is CN=C(NCc1nc(-c2ccc(Cl)cc2)no1)N(C)Cc1ccc(OC)cc1OC. The molecule has 0 fully saturated rings. The van der Waals surface area contributed by atoms with Crippen LogP contribution in [0.5, 0.6) is 11.5 Å². The first-order valence-corrected chi connectivity index (χ1v) is 9.63. The molecule has 2 aromatic carbocycles. The van der Waals surface area contributed by atoms with Crippen LogP contribution >= 0.6 is 11.6 Å². The fourth-order valence-corrected chi connectivity index (χ4v) is 3.02. The summed E-state index contributed by atoms with van der Waals surface area (Å²) in [4.78, 5) is 10.7. The molecular weight excluding hydrogens is 406 g/mol. The van der Waals surface area contributed by atoms with Crippen molar-refractivity contribution in [2.45, 2.75) is 13.1 Å². The second-order valence-electron chi connectivity index (χ2n) is 6.45. The van der Waals surface area contributed by atoms with Gasteiger partial charge in [-0.25, -0.2) is 0 Å². The molecule has 0 atom stereocenters. The van der Waals surface area contributed by atoms with E-state index >= 15 is 0 Å². The van der Waals surface area contributed by atoms with E-state index in [1.54, 1.807) is 33.4 Å². The van der Waals surface area contributed by atoms with Gasteiger partial charge in [-0.2, -0.15) is 4.98 Å². The minimum Gasteiger partial charge on any atom is -0.497 e. The van der Waals surface area contributed by atoms with Crippen molar-refractivity contribution in [3.8, 4) is 22.9 Å². The number of rotatable bonds is 7. The molecule has 3 rings (SSSR count). The van der Waals surface area contributed by atoms with Gasteiger partial charge in [-0.1, -0.05) is 16.8 Å². The molecule has 1 aromatic heterocycles. The minimum atomic E-state index is 0.345. The topological polar surface area (TPSA) is 85.0 Å². The smallest absolute Gasteiger partial charge is 0.246 e. The van der Waals surface area contributed by atoms with Gasteiger partial charge in [0.1, 0.15) is 11.5 Å². The lowest BCUT2D eigenvalue weighted by Gasteiger charge is -2.22. The van der Waals surface area contributed by atoms with E-state index in [0.29, 0.717) is 35.8 Å². The summed E-state index contributed by atoms with van der Waals surface area (Å²) in [6.07, 6.45) is 0. The number of nitrogens with one attached hydrogen (secondary N) is 1. The van der Waals surface area contributed by atoms with Gasteiger partial charge < -0.3 is 24.2 Å². The summed E-state index contributed by atoms with van der Waals surface area (Å²) < 4.78 is 16.1. The second-order valence-corrected chi connectivity index (χ2v) is 6.89. The predicted octanol–water partition coefficient (Wildman–Crippen LogP) is 3.61. The Balaban J connectivity index is 1.63. The third-order valence-corrected chi connectivity index (χ3v) is 4.70. The molecule has 9 heteroatoms. The largest absolute Gasteiger partial charge is 0.497 e. The van der Waals surface area contributed by atoms with E-state index in [-0.39, 0.29) is 0 Å². The maximum absolute atomic E-state index is 5.92. The van der Waals surface area contributed by atoms with E-state index in [4.69, 9.17) is 25.6 Å². The van der Waals surface area contributed by atoms with Crippen LogP contribution in [0.2, 0.25) is 5.02 Å². The van der Waals surface area contributed by atoms with E-state index < -0.39 is 0 Å². The highest BCUT2D eigenvalue weighted by Crippen LogP contribution is 2.25. The maximum atomic E-state index is 5.92. The van der Waals surface area contributed by atoms with Crippen molar-refractivity contribution in [2.24, 2.45) is 4.99 Å². The van der Waals surface area contributed by atoms with Gasteiger partial charge in [-0.15, -0.1) is 0 Å². The zero-order chi connectivity index (χ0) is 21.5. The normalized spacial score (nSPS) is 11.3. The molecule has 158 valence electrons. The molecule has 0 aliphatic rings. The van der Waals surface area contributed by atoms with Gasteiger partial charge >= 0.3 is 0 Å². The maximum Gasteiger partial charge on any atom is 0.246 e. The molecule has 0 aliphatic carbocycles. The molecule has 0 spiro atoms. The number of aliphatic imine (C=N–C) groups is 1. The summed E-state index contributed by atoms with van der Waals surface area (Å²) in [7, 11) is 6.92. The molecule has 30 heavy (non-hydrogen) atoms. The van der Waals surface area contributed by atoms with Crippen LogP contribution < -0.4 is 14.8 Å². The van der Waals surface area contributed by atoms with Gasteiger partial charge in [0.25, 0.3) is 0 Å². The molecule has 3 aromatic rings. The number of halogens is 1. The van der Waals surface area contributed by atoms with E-state index in [1.807, 2.05) is 42.3 Å². The molecule has 1 N–H and O–H groups in total. The molecule has 0 radical (unpaired) electrons. The molecule has 0 saturated heterocycles. The minimum absolute atomic E-state index is 0.345. The highest BCUT2D eigenvalue weighted by molar-refractivity contribution is 6.30. The van der Waals surface area contributed by atoms with Crippen LogP contribution in [-0.4, -0.2) is 49.3 Å². The highest BCUT2D eigenvalue weighted by Gasteiger charge is 2.13. The Kier molecular flexibility index (Phi) is 7.13. The summed E-state index contributed by atoms with van der Waals surface area (Å²) in [5.74, 6) is 3.14. The van der Waals surface area contributed by atoms with Gasteiger partial charge in [-0.05, 0) is 36.4 Å². The van der Waals surface area contributed by atoms with Crippen molar-refractivity contribution >= 4 is 17.6 Å². The van der Waals surface area contributed by atoms with Crippen molar-refractivity contribution in [3.63, 3.8) is 0 Å². The first kappa shape index (κ1) is 21.4. The Bertz CT molecular complexity index is 1000. The van der Waals surface area contributed by atoms with Gasteiger partial charge in [0, 0.05) is 42.9 Å². The Labute approximate surface area is 180 Å². The van der Waals surface area contributed by atoms with E-state index in [9.17, 15) is 0 Å². The van der Waals surface area contributed by atoms with Crippen LogP contribution in [0.1, 0.15) is 11.5 Å². The van der Waals surface area contributed by atoms with Gasteiger partial charge in [0.05, 0.1) is 20.8 Å². The molecule has 0 unspecified atom stereocenters. The number of aromatic nitrogens is 2. The molecule has 0 saturated carbocycles. The van der Waals surface area contributed by atoms with Crippen LogP contribution in [0, 0.1) is 0 Å². The number of hydrogen-bond acceptors (Lipinski definition) is 6. The van der Waals surface area contributed by atoms with Crippen molar-refractivity contribution < 1.29 is 14.0 Å². The van der Waals surface area contributed by atoms with Gasteiger partial charge in [0.2, 0.25) is 11.7 Å². The van der Waals surface area contributed by atoms with E-state index in [0.717, 1.165) is 22.6 Å². The van der Waals surface area contributed by atoms with Gasteiger partial charge in [0.15, 0.2) is 5.96 Å². The highest BCUT2D eigenvalue weighted by atomic mass is 35.5. The fourth-order valence-electron chi connectivity index (χ4n) is 2.90. The van der Waals surface area contributed by atoms with E-state index in [2.05, 4.69) is 20.4 Å². The van der Waals surface area contributed by atoms with Crippen LogP contribution in [0.3, 0.4) is 0 Å². The number of guanidine groups is 1. The summed E-state index contributed by atoms with van der Waals surface area (Å²) in [5.41, 5.74) is 1.84. The predicted molar refractivity (Wildman–Crippen MR) is 116 cm³/mol. The van der Waals surface area contributed by atoms with Crippen molar-refractivity contribution in [2.75, 3.05) is 28.3 Å². The number of ether oxygens (including phenoxy) is 2. The van der Waals surface area contributed by atoms with Gasteiger partial charge in [-0.3, -0.25) is 4.99 Å². The van der Waals surface area contributed by atoms with E-state index in [1.165, 1.54) is 0 Å². The third-order valence-electron chi connectivity index (χ3n) is 4.44. The Morgan fingerprint density at radius 3 is 2.60 bits per heavy atom. The lowest BCUT2D eigenvalue weighted by molar-refractivity contribution is 0.369. The average Bonchev–Trinajstić information content (AvgIpc) is 3.24. The monoisotopic (exact) mass is 429 g/mol. The quantitative estimate of drug-likeness (QED) is 0.453. The summed E-state index contributed by atoms with van der Waals surface area (Å²) >= 11 is 5.92. The third kappa shape index (κ3) is 5.21. The zero-order valence-corrected chi connectivity index (χ0v) is 18.1. The summed E-state index contributed by atoms with van der Waals surface area (Å²) in [5, 5.41) is 7.91. The molecule has 0 aliphatic heterocycles. The standard InChI is InChI=1S/C21H24ClN5O3/c1-23-21(27(2)13-15-7-10-17(28-3)11-18(15)29-4)24-12-19-25-20(26-30-19)14-5-8-16(22)9-6-14/h5-11H,12-13H2,1-4H3,(H,23,24). The van der Waals surface area contributed by atoms with Crippen molar-refractivity contribution in [1.29, 1.82) is 0 Å². The van der Waals surface area contributed by atoms with Crippen LogP contribution in [-0.2, 0) is 13.1 Å². The number of benzene rings is 2. The number of nitrogens with zero attached hydrogens (tertiary/aromatic N) is 4. The molecule has 0 amide bonds. The average molecular weight is 430 g/mol. The van der Waals surface area contributed by atoms with Crippen LogP contribution in [0.4, 0.5) is 0 Å². The lowest BCUT2D eigenvalue weighted by Crippen LogP contribution is -2.38. The Hall–Kier alpha value is -3.26. The van der Waals surface area contributed by atoms with Crippen LogP contribution in [0.25, 0.3) is 11.4 Å².